The molecule has 2 aliphatic rings. The number of ether oxygens (including phenoxy) is 1. The molecular formula is C22H25FN6O2. The van der Waals surface area contributed by atoms with Gasteiger partial charge in [-0.1, -0.05) is 6.07 Å². The Bertz CT molecular complexity index is 1130. The van der Waals surface area contributed by atoms with Gasteiger partial charge in [0.25, 0.3) is 0 Å². The fraction of sp³-hybridized carbons (Fsp3) is 0.409. The molecular weight excluding hydrogens is 399 g/mol. The van der Waals surface area contributed by atoms with E-state index in [-0.39, 0.29) is 11.4 Å². The lowest BCUT2D eigenvalue weighted by Gasteiger charge is -2.29. The van der Waals surface area contributed by atoms with Crippen molar-refractivity contribution in [1.29, 1.82) is 0 Å². The first-order valence-electron chi connectivity index (χ1n) is 10.4. The first kappa shape index (κ1) is 19.7. The summed E-state index contributed by atoms with van der Waals surface area (Å²) in [5.74, 6) is 0.214. The number of aryl methyl sites for hydroxylation is 1. The van der Waals surface area contributed by atoms with Crippen molar-refractivity contribution in [2.45, 2.75) is 31.8 Å². The van der Waals surface area contributed by atoms with Gasteiger partial charge in [0.15, 0.2) is 5.82 Å². The molecule has 1 unspecified atom stereocenters. The van der Waals surface area contributed by atoms with Crippen molar-refractivity contribution in [2.75, 3.05) is 25.1 Å². The molecule has 1 atom stereocenters. The summed E-state index contributed by atoms with van der Waals surface area (Å²) in [5, 5.41) is 12.2. The average molecular weight is 424 g/mol. The number of fused-ring (bicyclic) bond motifs is 1. The Kier molecular flexibility index (Phi) is 4.77. The van der Waals surface area contributed by atoms with E-state index < -0.39 is 0 Å². The van der Waals surface area contributed by atoms with Gasteiger partial charge in [-0.2, -0.15) is 10.2 Å². The second-order valence-electron chi connectivity index (χ2n) is 8.53. The zero-order chi connectivity index (χ0) is 21.6. The molecule has 0 aliphatic carbocycles. The fourth-order valence-corrected chi connectivity index (χ4v) is 4.39. The van der Waals surface area contributed by atoms with Gasteiger partial charge in [0, 0.05) is 49.6 Å². The summed E-state index contributed by atoms with van der Waals surface area (Å²) in [4.78, 5) is 13.1. The molecule has 4 heterocycles. The van der Waals surface area contributed by atoms with Crippen molar-refractivity contribution >= 4 is 17.9 Å². The van der Waals surface area contributed by atoms with Crippen molar-refractivity contribution in [2.24, 2.45) is 7.05 Å². The zero-order valence-corrected chi connectivity index (χ0v) is 17.6. The fourth-order valence-electron chi connectivity index (χ4n) is 4.39. The zero-order valence-electron chi connectivity index (χ0n) is 17.6. The first-order chi connectivity index (χ1) is 15.0. The van der Waals surface area contributed by atoms with Crippen LogP contribution in [0.25, 0.3) is 11.1 Å². The third kappa shape index (κ3) is 3.48. The highest BCUT2D eigenvalue weighted by Crippen LogP contribution is 2.36. The molecule has 1 amide bonds. The maximum Gasteiger partial charge on any atom is 0.210 e. The van der Waals surface area contributed by atoms with Gasteiger partial charge in [-0.25, -0.2) is 4.39 Å². The molecule has 2 aromatic heterocycles. The summed E-state index contributed by atoms with van der Waals surface area (Å²) in [7, 11) is 1.83. The Hall–Kier alpha value is -3.20. The number of carbonyl (C=O) groups excluding carboxylic acids is 1. The van der Waals surface area contributed by atoms with Crippen LogP contribution in [-0.4, -0.2) is 50.6 Å². The molecule has 0 spiro atoms. The molecule has 5 rings (SSSR count). The molecule has 1 fully saturated rings. The third-order valence-electron chi connectivity index (χ3n) is 6.21. The predicted molar refractivity (Wildman–Crippen MR) is 113 cm³/mol. The highest BCUT2D eigenvalue weighted by atomic mass is 19.1. The number of carbonyl (C=O) groups is 1. The van der Waals surface area contributed by atoms with Crippen molar-refractivity contribution in [3.63, 3.8) is 0 Å². The van der Waals surface area contributed by atoms with E-state index in [0.29, 0.717) is 44.2 Å². The molecule has 0 radical (unpaired) electrons. The van der Waals surface area contributed by atoms with Gasteiger partial charge in [-0.15, -0.1) is 0 Å². The summed E-state index contributed by atoms with van der Waals surface area (Å²) < 4.78 is 24.3. The number of nitrogens with zero attached hydrogens (tertiary/aromatic N) is 5. The first-order valence-corrected chi connectivity index (χ1v) is 10.4. The van der Waals surface area contributed by atoms with Crippen molar-refractivity contribution in [1.82, 2.24) is 24.5 Å². The Labute approximate surface area is 179 Å². The monoisotopic (exact) mass is 424 g/mol. The van der Waals surface area contributed by atoms with Crippen LogP contribution < -0.4 is 5.32 Å². The summed E-state index contributed by atoms with van der Waals surface area (Å²) >= 11 is 0. The van der Waals surface area contributed by atoms with Crippen molar-refractivity contribution in [3.8, 4) is 11.1 Å². The summed E-state index contributed by atoms with van der Waals surface area (Å²) in [6.45, 7) is 4.51. The number of aromatic nitrogens is 4. The van der Waals surface area contributed by atoms with E-state index >= 15 is 0 Å². The van der Waals surface area contributed by atoms with Crippen molar-refractivity contribution in [3.05, 3.63) is 47.7 Å². The van der Waals surface area contributed by atoms with E-state index in [1.807, 2.05) is 24.0 Å². The molecule has 0 bridgehead atoms. The lowest BCUT2D eigenvalue weighted by molar-refractivity contribution is -0.118. The number of benzene rings is 1. The maximum atomic E-state index is 15.0. The molecule has 8 nitrogen and oxygen atoms in total. The standard InChI is InChI=1S/C22H25FN6O2/c1-22(6-8-31-13-22)29-20-5-7-28(14-30)12-17(20)21(26-29)25-19-4-3-15(9-18(19)23)16-10-24-27(2)11-16/h3-4,9-11,14H,5-8,12-13H2,1-2H3,(H,25,26). The molecule has 31 heavy (non-hydrogen) atoms. The molecule has 2 aliphatic heterocycles. The van der Waals surface area contributed by atoms with E-state index in [2.05, 4.69) is 17.3 Å². The highest BCUT2D eigenvalue weighted by Gasteiger charge is 2.37. The van der Waals surface area contributed by atoms with E-state index in [0.717, 1.165) is 35.2 Å². The molecule has 1 aromatic carbocycles. The number of anilines is 2. The summed E-state index contributed by atoms with van der Waals surface area (Å²) in [6, 6.07) is 5.06. The third-order valence-corrected chi connectivity index (χ3v) is 6.21. The SMILES string of the molecule is Cn1cc(-c2ccc(Nc3nn(C4(C)CCOC4)c4c3CN(C=O)CC4)c(F)c2)cn1. The number of hydrogen-bond donors (Lipinski definition) is 1. The van der Waals surface area contributed by atoms with Crippen molar-refractivity contribution < 1.29 is 13.9 Å². The van der Waals surface area contributed by atoms with Gasteiger partial charge in [0.2, 0.25) is 6.41 Å². The maximum absolute atomic E-state index is 15.0. The minimum Gasteiger partial charge on any atom is -0.379 e. The molecule has 1 N–H and O–H groups in total. The lowest BCUT2D eigenvalue weighted by Crippen LogP contribution is -2.36. The second kappa shape index (κ2) is 7.49. The predicted octanol–water partition coefficient (Wildman–Crippen LogP) is 2.82. The van der Waals surface area contributed by atoms with Crippen LogP contribution in [0.5, 0.6) is 0 Å². The van der Waals surface area contributed by atoms with Crippen LogP contribution in [0.4, 0.5) is 15.9 Å². The van der Waals surface area contributed by atoms with Gasteiger partial charge >= 0.3 is 0 Å². The summed E-state index contributed by atoms with van der Waals surface area (Å²) in [6.07, 6.45) is 5.98. The number of amides is 1. The Morgan fingerprint density at radius 2 is 2.19 bits per heavy atom. The van der Waals surface area contributed by atoms with Gasteiger partial charge in [0.1, 0.15) is 5.82 Å². The molecule has 1 saturated heterocycles. The minimum absolute atomic E-state index is 0.240. The van der Waals surface area contributed by atoms with Crippen LogP contribution in [0.15, 0.2) is 30.6 Å². The van der Waals surface area contributed by atoms with Crippen LogP contribution in [0.1, 0.15) is 24.6 Å². The van der Waals surface area contributed by atoms with Crippen LogP contribution in [0, 0.1) is 5.82 Å². The lowest BCUT2D eigenvalue weighted by atomic mass is 10.00. The smallest absolute Gasteiger partial charge is 0.210 e. The highest BCUT2D eigenvalue weighted by molar-refractivity contribution is 5.68. The number of hydrogen-bond acceptors (Lipinski definition) is 5. The second-order valence-corrected chi connectivity index (χ2v) is 8.53. The average Bonchev–Trinajstić information content (AvgIpc) is 3.49. The Morgan fingerprint density at radius 3 is 2.87 bits per heavy atom. The summed E-state index contributed by atoms with van der Waals surface area (Å²) in [5.41, 5.74) is 3.73. The van der Waals surface area contributed by atoms with Gasteiger partial charge in [0.05, 0.1) is 30.6 Å². The van der Waals surface area contributed by atoms with Crippen LogP contribution in [-0.2, 0) is 35.1 Å². The van der Waals surface area contributed by atoms with E-state index in [9.17, 15) is 9.18 Å². The quantitative estimate of drug-likeness (QED) is 0.638. The Balaban J connectivity index is 1.50. The van der Waals surface area contributed by atoms with Gasteiger partial charge < -0.3 is 15.0 Å². The Morgan fingerprint density at radius 1 is 1.32 bits per heavy atom. The molecule has 3 aromatic rings. The minimum atomic E-state index is -0.372. The van der Waals surface area contributed by atoms with Crippen LogP contribution in [0.2, 0.25) is 0 Å². The number of halogens is 1. The number of rotatable bonds is 5. The van der Waals surface area contributed by atoms with Gasteiger partial charge in [-0.05, 0) is 31.0 Å². The van der Waals surface area contributed by atoms with E-state index in [4.69, 9.17) is 9.84 Å². The van der Waals surface area contributed by atoms with E-state index in [1.165, 1.54) is 6.07 Å². The van der Waals surface area contributed by atoms with Crippen LogP contribution >= 0.6 is 0 Å². The van der Waals surface area contributed by atoms with E-state index in [1.54, 1.807) is 21.8 Å². The topological polar surface area (TPSA) is 77.2 Å². The van der Waals surface area contributed by atoms with Crippen LogP contribution in [0.3, 0.4) is 0 Å². The number of nitrogens with one attached hydrogen (secondary N) is 1. The molecule has 0 saturated carbocycles. The molecule has 162 valence electrons. The largest absolute Gasteiger partial charge is 0.379 e. The van der Waals surface area contributed by atoms with Gasteiger partial charge in [-0.3, -0.25) is 14.2 Å². The molecule has 9 heteroatoms. The normalized spacial score (nSPS) is 20.7.